The normalized spacial score (nSPS) is 12.0. The van der Waals surface area contributed by atoms with Gasteiger partial charge in [-0.2, -0.15) is 0 Å². The van der Waals surface area contributed by atoms with Gasteiger partial charge in [-0.15, -0.1) is 24.0 Å². The van der Waals surface area contributed by atoms with Crippen LogP contribution in [0.4, 0.5) is 0 Å². The molecule has 1 amide bonds. The Balaban J connectivity index is 2.09. The minimum atomic E-state index is 0.0303. The second-order valence-corrected chi connectivity index (χ2v) is 6.38. The highest BCUT2D eigenvalue weighted by atomic mass is 32.1. The molecular formula is C16H19NO2S2. The van der Waals surface area contributed by atoms with Gasteiger partial charge in [0.1, 0.15) is 5.75 Å². The Morgan fingerprint density at radius 2 is 2.14 bits per heavy atom. The summed E-state index contributed by atoms with van der Waals surface area (Å²) >= 11 is 5.67. The quantitative estimate of drug-likeness (QED) is 0.850. The molecule has 0 aliphatic heterocycles. The van der Waals surface area contributed by atoms with Crippen LogP contribution < -0.4 is 4.74 Å². The molecule has 0 aliphatic carbocycles. The van der Waals surface area contributed by atoms with Crippen molar-refractivity contribution in [1.82, 2.24) is 4.90 Å². The van der Waals surface area contributed by atoms with Gasteiger partial charge in [-0.3, -0.25) is 4.79 Å². The summed E-state index contributed by atoms with van der Waals surface area (Å²) in [5, 5.41) is 1.87. The first-order valence-electron chi connectivity index (χ1n) is 6.69. The molecule has 112 valence electrons. The van der Waals surface area contributed by atoms with Crippen molar-refractivity contribution in [2.24, 2.45) is 0 Å². The molecule has 1 aromatic heterocycles. The predicted octanol–water partition coefficient (Wildman–Crippen LogP) is 3.75. The lowest BCUT2D eigenvalue weighted by molar-refractivity contribution is 0.0747. The molecule has 1 aromatic carbocycles. The minimum Gasteiger partial charge on any atom is -0.496 e. The largest absolute Gasteiger partial charge is 0.496 e. The fourth-order valence-electron chi connectivity index (χ4n) is 2.14. The van der Waals surface area contributed by atoms with Crippen molar-refractivity contribution in [2.45, 2.75) is 24.3 Å². The zero-order valence-electron chi connectivity index (χ0n) is 12.4. The molecule has 3 nitrogen and oxygen atoms in total. The maximum Gasteiger partial charge on any atom is 0.263 e. The van der Waals surface area contributed by atoms with E-state index in [2.05, 4.69) is 12.6 Å². The van der Waals surface area contributed by atoms with Gasteiger partial charge in [0.05, 0.1) is 12.0 Å². The maximum absolute atomic E-state index is 12.4. The Labute approximate surface area is 135 Å². The summed E-state index contributed by atoms with van der Waals surface area (Å²) < 4.78 is 5.36. The molecule has 0 N–H and O–H groups in total. The molecule has 0 saturated heterocycles. The molecule has 0 bridgehead atoms. The summed E-state index contributed by atoms with van der Waals surface area (Å²) in [6.07, 6.45) is 0.755. The number of thiol groups is 1. The van der Waals surface area contributed by atoms with Crippen LogP contribution in [0.3, 0.4) is 0 Å². The first-order valence-corrected chi connectivity index (χ1v) is 8.02. The van der Waals surface area contributed by atoms with E-state index in [0.29, 0.717) is 0 Å². The third-order valence-corrected chi connectivity index (χ3v) is 4.84. The van der Waals surface area contributed by atoms with E-state index in [-0.39, 0.29) is 11.9 Å². The molecule has 1 unspecified atom stereocenters. The van der Waals surface area contributed by atoms with E-state index < -0.39 is 0 Å². The van der Waals surface area contributed by atoms with Crippen LogP contribution in [0.1, 0.15) is 22.2 Å². The second-order valence-electron chi connectivity index (χ2n) is 4.95. The fraction of sp³-hybridized carbons (Fsp3) is 0.312. The lowest BCUT2D eigenvalue weighted by Gasteiger charge is -2.25. The van der Waals surface area contributed by atoms with Crippen molar-refractivity contribution >= 4 is 29.9 Å². The summed E-state index contributed by atoms with van der Waals surface area (Å²) in [5.74, 6) is 0.890. The zero-order valence-corrected chi connectivity index (χ0v) is 14.1. The number of benzene rings is 1. The maximum atomic E-state index is 12.4. The lowest BCUT2D eigenvalue weighted by atomic mass is 10.0. The summed E-state index contributed by atoms with van der Waals surface area (Å²) in [5.41, 5.74) is 1.10. The Morgan fingerprint density at radius 3 is 2.76 bits per heavy atom. The van der Waals surface area contributed by atoms with Crippen LogP contribution in [0.15, 0.2) is 40.6 Å². The number of para-hydroxylation sites is 1. The van der Waals surface area contributed by atoms with E-state index in [1.165, 1.54) is 11.3 Å². The van der Waals surface area contributed by atoms with Crippen molar-refractivity contribution in [3.63, 3.8) is 0 Å². The number of thiophene rings is 1. The van der Waals surface area contributed by atoms with Crippen molar-refractivity contribution in [2.75, 3.05) is 14.2 Å². The molecule has 1 heterocycles. The number of methoxy groups -OCH3 is 1. The molecular weight excluding hydrogens is 302 g/mol. The number of likely N-dealkylation sites (N-methyl/N-ethyl adjacent to an activating group) is 1. The number of amides is 1. The number of hydrogen-bond acceptors (Lipinski definition) is 4. The van der Waals surface area contributed by atoms with Crippen molar-refractivity contribution < 1.29 is 9.53 Å². The summed E-state index contributed by atoms with van der Waals surface area (Å²) in [6, 6.07) is 9.79. The predicted molar refractivity (Wildman–Crippen MR) is 89.8 cm³/mol. The van der Waals surface area contributed by atoms with Crippen LogP contribution in [0.2, 0.25) is 0 Å². The Kier molecular flexibility index (Phi) is 5.31. The molecule has 2 rings (SSSR count). The van der Waals surface area contributed by atoms with Crippen LogP contribution in [0.5, 0.6) is 5.75 Å². The van der Waals surface area contributed by atoms with Gasteiger partial charge in [-0.1, -0.05) is 18.2 Å². The summed E-state index contributed by atoms with van der Waals surface area (Å²) in [7, 11) is 3.50. The smallest absolute Gasteiger partial charge is 0.263 e. The van der Waals surface area contributed by atoms with E-state index in [4.69, 9.17) is 4.74 Å². The van der Waals surface area contributed by atoms with E-state index in [0.717, 1.165) is 27.5 Å². The SMILES string of the molecule is COc1ccccc1CC(C)N(C)C(=O)c1cc(S)cs1. The summed E-state index contributed by atoms with van der Waals surface area (Å²) in [6.45, 7) is 2.04. The highest BCUT2D eigenvalue weighted by Gasteiger charge is 2.20. The van der Waals surface area contributed by atoms with Crippen LogP contribution in [-0.4, -0.2) is 31.0 Å². The van der Waals surface area contributed by atoms with Gasteiger partial charge in [0, 0.05) is 23.4 Å². The van der Waals surface area contributed by atoms with Gasteiger partial charge >= 0.3 is 0 Å². The highest BCUT2D eigenvalue weighted by molar-refractivity contribution is 7.80. The molecule has 0 fully saturated rings. The Morgan fingerprint density at radius 1 is 1.43 bits per heavy atom. The molecule has 5 heteroatoms. The number of carbonyl (C=O) groups is 1. The summed E-state index contributed by atoms with van der Waals surface area (Å²) in [4.78, 5) is 15.7. The standard InChI is InChI=1S/C16H19NO2S2/c1-11(8-12-6-4-5-7-14(12)19-3)17(2)16(18)15-9-13(20)10-21-15/h4-7,9-11,20H,8H2,1-3H3. The van der Waals surface area contributed by atoms with Crippen molar-refractivity contribution in [3.05, 3.63) is 46.2 Å². The third kappa shape index (κ3) is 3.80. The highest BCUT2D eigenvalue weighted by Crippen LogP contribution is 2.23. The Bertz CT molecular complexity index is 624. The van der Waals surface area contributed by atoms with E-state index in [1.807, 2.05) is 49.7 Å². The first kappa shape index (κ1) is 15.9. The zero-order chi connectivity index (χ0) is 15.4. The molecule has 0 saturated carbocycles. The van der Waals surface area contributed by atoms with Crippen molar-refractivity contribution in [1.29, 1.82) is 0 Å². The van der Waals surface area contributed by atoms with Gasteiger partial charge < -0.3 is 9.64 Å². The van der Waals surface area contributed by atoms with Gasteiger partial charge in [-0.05, 0) is 31.0 Å². The number of nitrogens with zero attached hydrogens (tertiary/aromatic N) is 1. The average Bonchev–Trinajstić information content (AvgIpc) is 2.92. The molecule has 21 heavy (non-hydrogen) atoms. The minimum absolute atomic E-state index is 0.0303. The van der Waals surface area contributed by atoms with Gasteiger partial charge in [0.15, 0.2) is 0 Å². The van der Waals surface area contributed by atoms with Crippen LogP contribution >= 0.6 is 24.0 Å². The molecule has 0 aliphatic rings. The fourth-order valence-corrected chi connectivity index (χ4v) is 3.27. The van der Waals surface area contributed by atoms with Crippen LogP contribution in [0, 0.1) is 0 Å². The van der Waals surface area contributed by atoms with E-state index in [9.17, 15) is 4.79 Å². The topological polar surface area (TPSA) is 29.5 Å². The molecule has 1 atom stereocenters. The molecule has 0 radical (unpaired) electrons. The first-order chi connectivity index (χ1) is 10.0. The van der Waals surface area contributed by atoms with Crippen LogP contribution in [0.25, 0.3) is 0 Å². The Hall–Kier alpha value is -1.46. The number of carbonyl (C=O) groups excluding carboxylic acids is 1. The lowest BCUT2D eigenvalue weighted by Crippen LogP contribution is -2.36. The van der Waals surface area contributed by atoms with E-state index >= 15 is 0 Å². The third-order valence-electron chi connectivity index (χ3n) is 3.49. The van der Waals surface area contributed by atoms with E-state index in [1.54, 1.807) is 12.0 Å². The molecule has 0 spiro atoms. The average molecular weight is 321 g/mol. The number of rotatable bonds is 5. The molecule has 2 aromatic rings. The van der Waals surface area contributed by atoms with Crippen molar-refractivity contribution in [3.8, 4) is 5.75 Å². The van der Waals surface area contributed by atoms with Crippen LogP contribution in [-0.2, 0) is 6.42 Å². The number of hydrogen-bond donors (Lipinski definition) is 1. The monoisotopic (exact) mass is 321 g/mol. The van der Waals surface area contributed by atoms with Gasteiger partial charge in [0.2, 0.25) is 0 Å². The number of ether oxygens (including phenoxy) is 1. The van der Waals surface area contributed by atoms with Gasteiger partial charge in [0.25, 0.3) is 5.91 Å². The second kappa shape index (κ2) is 7.00. The van der Waals surface area contributed by atoms with Gasteiger partial charge in [-0.25, -0.2) is 0 Å².